The van der Waals surface area contributed by atoms with Gasteiger partial charge < -0.3 is 15.2 Å². The van der Waals surface area contributed by atoms with Crippen LogP contribution in [0, 0.1) is 5.92 Å². The van der Waals surface area contributed by atoms with Gasteiger partial charge in [-0.3, -0.25) is 0 Å². The molecule has 1 unspecified atom stereocenters. The van der Waals surface area contributed by atoms with Gasteiger partial charge in [0.15, 0.2) is 0 Å². The Labute approximate surface area is 116 Å². The van der Waals surface area contributed by atoms with Crippen molar-refractivity contribution in [1.82, 2.24) is 5.32 Å². The smallest absolute Gasteiger partial charge is 0.387 e. The standard InChI is InChI=1S/C13H18ClF2NO2/c1-9(4-5-18)7-17-8-10-2-3-12(11(14)6-10)19-13(15)16/h2-3,6,9,13,17-18H,4-5,7-8H2,1H3. The summed E-state index contributed by atoms with van der Waals surface area (Å²) in [6, 6.07) is 4.72. The summed E-state index contributed by atoms with van der Waals surface area (Å²) >= 11 is 5.85. The molecule has 0 aliphatic heterocycles. The first-order valence-corrected chi connectivity index (χ1v) is 6.45. The van der Waals surface area contributed by atoms with E-state index in [1.807, 2.05) is 6.92 Å². The molecule has 0 aliphatic rings. The van der Waals surface area contributed by atoms with E-state index in [0.717, 1.165) is 18.5 Å². The fourth-order valence-corrected chi connectivity index (χ4v) is 1.88. The molecule has 0 heterocycles. The Balaban J connectivity index is 2.45. The molecule has 0 aromatic heterocycles. The van der Waals surface area contributed by atoms with E-state index in [9.17, 15) is 8.78 Å². The van der Waals surface area contributed by atoms with Crippen molar-refractivity contribution in [3.05, 3.63) is 28.8 Å². The third-order valence-electron chi connectivity index (χ3n) is 2.66. The molecule has 1 aromatic rings. The highest BCUT2D eigenvalue weighted by Gasteiger charge is 2.09. The van der Waals surface area contributed by atoms with Gasteiger partial charge in [0.25, 0.3) is 0 Å². The Kier molecular flexibility index (Phi) is 7.05. The van der Waals surface area contributed by atoms with Crippen LogP contribution in [-0.4, -0.2) is 24.9 Å². The molecule has 3 nitrogen and oxygen atoms in total. The molecule has 0 spiro atoms. The molecule has 1 atom stereocenters. The molecule has 0 bridgehead atoms. The Bertz CT molecular complexity index is 391. The first kappa shape index (κ1) is 16.1. The van der Waals surface area contributed by atoms with E-state index in [2.05, 4.69) is 10.1 Å². The topological polar surface area (TPSA) is 41.5 Å². The van der Waals surface area contributed by atoms with Crippen molar-refractivity contribution in [2.45, 2.75) is 26.5 Å². The molecular formula is C13H18ClF2NO2. The van der Waals surface area contributed by atoms with Crippen molar-refractivity contribution in [2.75, 3.05) is 13.2 Å². The van der Waals surface area contributed by atoms with Crippen LogP contribution < -0.4 is 10.1 Å². The number of alkyl halides is 2. The summed E-state index contributed by atoms with van der Waals surface area (Å²) in [6.45, 7) is 0.697. The summed E-state index contributed by atoms with van der Waals surface area (Å²) in [5.41, 5.74) is 0.891. The summed E-state index contributed by atoms with van der Waals surface area (Å²) in [5.74, 6) is 0.357. The number of benzene rings is 1. The third-order valence-corrected chi connectivity index (χ3v) is 2.95. The first-order valence-electron chi connectivity index (χ1n) is 6.07. The average Bonchev–Trinajstić information content (AvgIpc) is 2.32. The van der Waals surface area contributed by atoms with Crippen molar-refractivity contribution < 1.29 is 18.6 Å². The quantitative estimate of drug-likeness (QED) is 0.774. The highest BCUT2D eigenvalue weighted by Crippen LogP contribution is 2.26. The van der Waals surface area contributed by atoms with Crippen molar-refractivity contribution in [3.63, 3.8) is 0 Å². The fourth-order valence-electron chi connectivity index (χ4n) is 1.63. The fraction of sp³-hybridized carbons (Fsp3) is 0.538. The number of aliphatic hydroxyl groups is 1. The van der Waals surface area contributed by atoms with Gasteiger partial charge in [-0.2, -0.15) is 8.78 Å². The van der Waals surface area contributed by atoms with E-state index in [4.69, 9.17) is 16.7 Å². The van der Waals surface area contributed by atoms with Gasteiger partial charge in [0.05, 0.1) is 5.02 Å². The summed E-state index contributed by atoms with van der Waals surface area (Å²) < 4.78 is 28.4. The lowest BCUT2D eigenvalue weighted by molar-refractivity contribution is -0.0497. The lowest BCUT2D eigenvalue weighted by Gasteiger charge is -2.12. The predicted octanol–water partition coefficient (Wildman–Crippen LogP) is 3.05. The van der Waals surface area contributed by atoms with Gasteiger partial charge in [-0.05, 0) is 36.6 Å². The zero-order chi connectivity index (χ0) is 14.3. The second-order valence-electron chi connectivity index (χ2n) is 4.39. The van der Waals surface area contributed by atoms with Crippen LogP contribution in [0.5, 0.6) is 5.75 Å². The zero-order valence-corrected chi connectivity index (χ0v) is 11.5. The summed E-state index contributed by atoms with van der Waals surface area (Å²) in [5, 5.41) is 12.2. The van der Waals surface area contributed by atoms with Gasteiger partial charge in [-0.1, -0.05) is 24.6 Å². The third kappa shape index (κ3) is 6.18. The van der Waals surface area contributed by atoms with Crippen LogP contribution in [0.3, 0.4) is 0 Å². The van der Waals surface area contributed by atoms with E-state index in [-0.39, 0.29) is 17.4 Å². The second-order valence-corrected chi connectivity index (χ2v) is 4.80. The van der Waals surface area contributed by atoms with Gasteiger partial charge in [0, 0.05) is 13.2 Å². The zero-order valence-electron chi connectivity index (χ0n) is 10.7. The minimum atomic E-state index is -2.87. The van der Waals surface area contributed by atoms with Crippen LogP contribution in [0.2, 0.25) is 5.02 Å². The number of rotatable bonds is 8. The van der Waals surface area contributed by atoms with E-state index >= 15 is 0 Å². The number of halogens is 3. The predicted molar refractivity (Wildman–Crippen MR) is 70.7 cm³/mol. The van der Waals surface area contributed by atoms with Crippen molar-refractivity contribution >= 4 is 11.6 Å². The van der Waals surface area contributed by atoms with Gasteiger partial charge in [0.1, 0.15) is 5.75 Å². The molecule has 0 saturated carbocycles. The van der Waals surface area contributed by atoms with Crippen LogP contribution in [0.25, 0.3) is 0 Å². The Morgan fingerprint density at radius 3 is 2.74 bits per heavy atom. The molecule has 2 N–H and O–H groups in total. The van der Waals surface area contributed by atoms with Crippen LogP contribution in [0.15, 0.2) is 18.2 Å². The summed E-state index contributed by atoms with van der Waals surface area (Å²) in [7, 11) is 0. The molecule has 0 aliphatic carbocycles. The van der Waals surface area contributed by atoms with E-state index in [1.165, 1.54) is 6.07 Å². The summed E-state index contributed by atoms with van der Waals surface area (Å²) in [6.07, 6.45) is 0.745. The van der Waals surface area contributed by atoms with Gasteiger partial charge in [0.2, 0.25) is 0 Å². The molecule has 0 fully saturated rings. The average molecular weight is 294 g/mol. The van der Waals surface area contributed by atoms with Crippen molar-refractivity contribution in [2.24, 2.45) is 5.92 Å². The van der Waals surface area contributed by atoms with Crippen LogP contribution in [0.1, 0.15) is 18.9 Å². The molecular weight excluding hydrogens is 276 g/mol. The van der Waals surface area contributed by atoms with Crippen molar-refractivity contribution in [1.29, 1.82) is 0 Å². The van der Waals surface area contributed by atoms with Crippen LogP contribution in [0.4, 0.5) is 8.78 Å². The highest BCUT2D eigenvalue weighted by atomic mass is 35.5. The molecule has 0 saturated heterocycles. The van der Waals surface area contributed by atoms with Gasteiger partial charge >= 0.3 is 6.61 Å². The Morgan fingerprint density at radius 2 is 2.16 bits per heavy atom. The van der Waals surface area contributed by atoms with E-state index in [1.54, 1.807) is 12.1 Å². The lowest BCUT2D eigenvalue weighted by Crippen LogP contribution is -2.21. The molecule has 0 amide bonds. The molecule has 6 heteroatoms. The van der Waals surface area contributed by atoms with E-state index < -0.39 is 6.61 Å². The maximum absolute atomic E-state index is 12.1. The maximum Gasteiger partial charge on any atom is 0.387 e. The molecule has 108 valence electrons. The monoisotopic (exact) mass is 293 g/mol. The lowest BCUT2D eigenvalue weighted by atomic mass is 10.1. The van der Waals surface area contributed by atoms with Crippen LogP contribution in [-0.2, 0) is 6.54 Å². The largest absolute Gasteiger partial charge is 0.433 e. The maximum atomic E-state index is 12.1. The summed E-state index contributed by atoms with van der Waals surface area (Å²) in [4.78, 5) is 0. The molecule has 1 aromatic carbocycles. The van der Waals surface area contributed by atoms with Gasteiger partial charge in [-0.25, -0.2) is 0 Å². The van der Waals surface area contributed by atoms with Crippen LogP contribution >= 0.6 is 11.6 Å². The van der Waals surface area contributed by atoms with Crippen molar-refractivity contribution in [3.8, 4) is 5.75 Å². The highest BCUT2D eigenvalue weighted by molar-refractivity contribution is 6.32. The normalized spacial score (nSPS) is 12.7. The Morgan fingerprint density at radius 1 is 1.42 bits per heavy atom. The minimum absolute atomic E-state index is 0.0194. The second kappa shape index (κ2) is 8.30. The minimum Gasteiger partial charge on any atom is -0.433 e. The first-order chi connectivity index (χ1) is 9.02. The number of hydrogen-bond acceptors (Lipinski definition) is 3. The number of aliphatic hydroxyl groups excluding tert-OH is 1. The Hall–Kier alpha value is -0.910. The number of nitrogens with one attached hydrogen (secondary N) is 1. The molecule has 0 radical (unpaired) electrons. The number of hydrogen-bond donors (Lipinski definition) is 2. The SMILES string of the molecule is CC(CCO)CNCc1ccc(OC(F)F)c(Cl)c1. The molecule has 19 heavy (non-hydrogen) atoms. The number of ether oxygens (including phenoxy) is 1. The van der Waals surface area contributed by atoms with Gasteiger partial charge in [-0.15, -0.1) is 0 Å². The van der Waals surface area contributed by atoms with E-state index in [0.29, 0.717) is 12.5 Å². The molecule has 1 rings (SSSR count).